The van der Waals surface area contributed by atoms with E-state index in [-0.39, 0.29) is 0 Å². The molecule has 1 N–H and O–H groups in total. The maximum atomic E-state index is 4.71. The molecule has 1 aliphatic carbocycles. The Morgan fingerprint density at radius 1 is 1.00 bits per heavy atom. The monoisotopic (exact) mass is 413 g/mol. The predicted molar refractivity (Wildman–Crippen MR) is 123 cm³/mol. The van der Waals surface area contributed by atoms with Crippen molar-refractivity contribution in [3.05, 3.63) is 55.0 Å². The normalized spacial score (nSPS) is 22.6. The summed E-state index contributed by atoms with van der Waals surface area (Å²) in [7, 11) is 2.21. The van der Waals surface area contributed by atoms with E-state index in [1.54, 1.807) is 0 Å². The molecule has 4 aromatic rings. The Morgan fingerprint density at radius 2 is 1.87 bits per heavy atom. The molecule has 0 spiro atoms. The maximum absolute atomic E-state index is 4.71. The number of hydrogen-bond acceptors (Lipinski definition) is 6. The molecule has 4 heterocycles. The Labute approximate surface area is 181 Å². The molecule has 3 aromatic heterocycles. The van der Waals surface area contributed by atoms with Gasteiger partial charge in [0.15, 0.2) is 0 Å². The molecule has 158 valence electrons. The number of aromatic nitrogens is 4. The van der Waals surface area contributed by atoms with Crippen molar-refractivity contribution in [3.63, 3.8) is 0 Å². The first-order chi connectivity index (χ1) is 15.2. The average Bonchev–Trinajstić information content (AvgIpc) is 3.20. The lowest BCUT2D eigenvalue weighted by atomic mass is 9.85. The number of pyridine rings is 1. The van der Waals surface area contributed by atoms with Crippen molar-refractivity contribution < 1.29 is 0 Å². The molecule has 7 heteroatoms. The zero-order chi connectivity index (χ0) is 20.8. The highest BCUT2D eigenvalue weighted by Crippen LogP contribution is 2.30. The van der Waals surface area contributed by atoms with Crippen LogP contribution in [0, 0.1) is 0 Å². The fourth-order valence-corrected chi connectivity index (χ4v) is 4.83. The van der Waals surface area contributed by atoms with Crippen molar-refractivity contribution in [2.24, 2.45) is 0 Å². The first-order valence-electron chi connectivity index (χ1n) is 11.1. The summed E-state index contributed by atoms with van der Waals surface area (Å²) in [6.45, 7) is 4.73. The van der Waals surface area contributed by atoms with E-state index in [0.29, 0.717) is 18.0 Å². The van der Waals surface area contributed by atoms with Crippen molar-refractivity contribution >= 4 is 22.4 Å². The lowest BCUT2D eigenvalue weighted by Gasteiger charge is -2.46. The number of benzene rings is 1. The fourth-order valence-electron chi connectivity index (χ4n) is 4.83. The van der Waals surface area contributed by atoms with Crippen LogP contribution in [0.3, 0.4) is 0 Å². The summed E-state index contributed by atoms with van der Waals surface area (Å²) in [5.41, 5.74) is 4.31. The minimum atomic E-state index is 0.463. The fraction of sp³-hybridized carbons (Fsp3) is 0.375. The van der Waals surface area contributed by atoms with Crippen molar-refractivity contribution in [2.75, 3.05) is 38.5 Å². The number of hydrogen-bond donors (Lipinski definition) is 1. The molecule has 6 rings (SSSR count). The number of piperazine rings is 1. The first-order valence-corrected chi connectivity index (χ1v) is 11.1. The Hall–Kier alpha value is -3.03. The second kappa shape index (κ2) is 7.59. The number of anilines is 1. The molecule has 31 heavy (non-hydrogen) atoms. The topological polar surface area (TPSA) is 61.6 Å². The molecular formula is C24H27N7. The summed E-state index contributed by atoms with van der Waals surface area (Å²) in [4.78, 5) is 14.1. The van der Waals surface area contributed by atoms with Gasteiger partial charge in [0.05, 0.1) is 17.2 Å². The molecule has 2 fully saturated rings. The van der Waals surface area contributed by atoms with E-state index in [9.17, 15) is 0 Å². The molecule has 1 saturated heterocycles. The highest BCUT2D eigenvalue weighted by atomic mass is 15.3. The van der Waals surface area contributed by atoms with Crippen molar-refractivity contribution in [1.29, 1.82) is 0 Å². The molecular weight excluding hydrogens is 386 g/mol. The van der Waals surface area contributed by atoms with Crippen LogP contribution in [0.1, 0.15) is 12.8 Å². The summed E-state index contributed by atoms with van der Waals surface area (Å²) < 4.78 is 1.93. The Morgan fingerprint density at radius 3 is 2.74 bits per heavy atom. The lowest BCUT2D eigenvalue weighted by molar-refractivity contribution is 0.0656. The third-order valence-electron chi connectivity index (χ3n) is 6.83. The summed E-state index contributed by atoms with van der Waals surface area (Å²) in [5.74, 6) is 0.708. The quantitative estimate of drug-likeness (QED) is 0.555. The summed E-state index contributed by atoms with van der Waals surface area (Å²) in [6, 6.07) is 13.7. The van der Waals surface area contributed by atoms with Gasteiger partial charge in [0.2, 0.25) is 5.95 Å². The number of rotatable bonds is 4. The minimum absolute atomic E-state index is 0.463. The van der Waals surface area contributed by atoms with Gasteiger partial charge in [-0.25, -0.2) is 9.50 Å². The highest BCUT2D eigenvalue weighted by molar-refractivity contribution is 5.88. The van der Waals surface area contributed by atoms with Crippen LogP contribution in [0.5, 0.6) is 0 Å². The van der Waals surface area contributed by atoms with E-state index in [1.807, 2.05) is 29.2 Å². The first kappa shape index (κ1) is 18.7. The number of nitrogens with zero attached hydrogens (tertiary/aromatic N) is 6. The van der Waals surface area contributed by atoms with Crippen LogP contribution in [0.4, 0.5) is 5.95 Å². The smallest absolute Gasteiger partial charge is 0.241 e. The third kappa shape index (κ3) is 3.54. The van der Waals surface area contributed by atoms with Gasteiger partial charge in [0, 0.05) is 61.6 Å². The van der Waals surface area contributed by atoms with Crippen LogP contribution in [0.2, 0.25) is 0 Å². The van der Waals surface area contributed by atoms with Gasteiger partial charge in [-0.3, -0.25) is 9.88 Å². The molecule has 0 amide bonds. The average molecular weight is 414 g/mol. The van der Waals surface area contributed by atoms with E-state index in [4.69, 9.17) is 5.10 Å². The van der Waals surface area contributed by atoms with Crippen LogP contribution >= 0.6 is 0 Å². The van der Waals surface area contributed by atoms with E-state index >= 15 is 0 Å². The van der Waals surface area contributed by atoms with E-state index in [2.05, 4.69) is 62.5 Å². The second-order valence-electron chi connectivity index (χ2n) is 8.86. The SMILES string of the molecule is CN1CCN(C2CC(Nc3ncc4c(-c5ccc6ncccc6c5)ccn4n3)C2)CC1. The summed E-state index contributed by atoms with van der Waals surface area (Å²) in [6.07, 6.45) is 8.11. The molecule has 7 nitrogen and oxygen atoms in total. The summed E-state index contributed by atoms with van der Waals surface area (Å²) in [5, 5.41) is 9.39. The van der Waals surface area contributed by atoms with Crippen molar-refractivity contribution in [2.45, 2.75) is 24.9 Å². The van der Waals surface area contributed by atoms with Crippen LogP contribution in [0.25, 0.3) is 27.5 Å². The maximum Gasteiger partial charge on any atom is 0.241 e. The number of fused-ring (bicyclic) bond motifs is 2. The highest BCUT2D eigenvalue weighted by Gasteiger charge is 2.35. The van der Waals surface area contributed by atoms with Gasteiger partial charge in [0.25, 0.3) is 0 Å². The van der Waals surface area contributed by atoms with Crippen LogP contribution in [0.15, 0.2) is 55.0 Å². The number of nitrogens with one attached hydrogen (secondary N) is 1. The van der Waals surface area contributed by atoms with Crippen LogP contribution in [-0.4, -0.2) is 74.7 Å². The zero-order valence-corrected chi connectivity index (χ0v) is 17.8. The van der Waals surface area contributed by atoms with Crippen molar-refractivity contribution in [3.8, 4) is 11.1 Å². The molecule has 0 atom stereocenters. The van der Waals surface area contributed by atoms with Gasteiger partial charge in [-0.2, -0.15) is 0 Å². The van der Waals surface area contributed by atoms with Crippen molar-refractivity contribution in [1.82, 2.24) is 29.4 Å². The molecule has 1 saturated carbocycles. The van der Waals surface area contributed by atoms with E-state index in [1.165, 1.54) is 39.0 Å². The zero-order valence-electron chi connectivity index (χ0n) is 17.8. The van der Waals surface area contributed by atoms with E-state index in [0.717, 1.165) is 27.5 Å². The molecule has 1 aliphatic heterocycles. The predicted octanol–water partition coefficient (Wildman–Crippen LogP) is 3.13. The molecule has 1 aromatic carbocycles. The minimum Gasteiger partial charge on any atom is -0.350 e. The molecule has 0 unspecified atom stereocenters. The molecule has 2 aliphatic rings. The molecule has 0 bridgehead atoms. The van der Waals surface area contributed by atoms with E-state index < -0.39 is 0 Å². The largest absolute Gasteiger partial charge is 0.350 e. The lowest BCUT2D eigenvalue weighted by Crippen LogP contribution is -2.55. The summed E-state index contributed by atoms with van der Waals surface area (Å²) >= 11 is 0. The molecule has 0 radical (unpaired) electrons. The van der Waals surface area contributed by atoms with Gasteiger partial charge >= 0.3 is 0 Å². The van der Waals surface area contributed by atoms with Crippen LogP contribution < -0.4 is 5.32 Å². The van der Waals surface area contributed by atoms with Crippen LogP contribution in [-0.2, 0) is 0 Å². The Bertz CT molecular complexity index is 1220. The van der Waals surface area contributed by atoms with Gasteiger partial charge in [-0.1, -0.05) is 12.1 Å². The third-order valence-corrected chi connectivity index (χ3v) is 6.83. The Kier molecular flexibility index (Phi) is 4.58. The van der Waals surface area contributed by atoms with Gasteiger partial charge in [-0.05, 0) is 49.7 Å². The number of likely N-dealkylation sites (N-methyl/N-ethyl adjacent to an activating group) is 1. The standard InChI is InChI=1S/C24H27N7/c1-29-9-11-30(12-10-29)20-14-19(15-20)27-24-26-16-23-21(6-8-31(23)28-24)17-4-5-22-18(13-17)3-2-7-25-22/h2-8,13,16,19-20H,9-12,14-15H2,1H3,(H,27,28). The Balaban J connectivity index is 1.16. The second-order valence-corrected chi connectivity index (χ2v) is 8.86. The van der Waals surface area contributed by atoms with Gasteiger partial charge < -0.3 is 10.2 Å². The van der Waals surface area contributed by atoms with Gasteiger partial charge in [-0.15, -0.1) is 5.10 Å². The van der Waals surface area contributed by atoms with Gasteiger partial charge in [0.1, 0.15) is 0 Å².